The molecule has 0 amide bonds. The summed E-state index contributed by atoms with van der Waals surface area (Å²) in [4.78, 5) is 0. The van der Waals surface area contributed by atoms with Crippen molar-refractivity contribution < 1.29 is 0 Å². The van der Waals surface area contributed by atoms with E-state index in [1.54, 1.807) is 0 Å². The van der Waals surface area contributed by atoms with Gasteiger partial charge in [0, 0.05) is 8.95 Å². The molecule has 1 nitrogen and oxygen atoms in total. The zero-order valence-electron chi connectivity index (χ0n) is 10.7. The molecule has 0 aromatic heterocycles. The SMILES string of the molecule is NC(c1ccc2ccccc2c1)c1ccc(Br)cc1Br. The highest BCUT2D eigenvalue weighted by Crippen LogP contribution is 2.30. The van der Waals surface area contributed by atoms with Gasteiger partial charge in [-0.3, -0.25) is 0 Å². The van der Waals surface area contributed by atoms with Gasteiger partial charge in [-0.1, -0.05) is 74.3 Å². The molecule has 0 radical (unpaired) electrons. The molecule has 0 spiro atoms. The van der Waals surface area contributed by atoms with Crippen LogP contribution in [0.4, 0.5) is 0 Å². The molecule has 3 aromatic rings. The van der Waals surface area contributed by atoms with Gasteiger partial charge < -0.3 is 5.73 Å². The third kappa shape index (κ3) is 2.66. The quantitative estimate of drug-likeness (QED) is 0.621. The first-order chi connectivity index (χ1) is 9.65. The molecule has 1 unspecified atom stereocenters. The van der Waals surface area contributed by atoms with E-state index in [1.807, 2.05) is 30.3 Å². The summed E-state index contributed by atoms with van der Waals surface area (Å²) in [7, 11) is 0. The van der Waals surface area contributed by atoms with Crippen LogP contribution in [0.25, 0.3) is 10.8 Å². The molecule has 0 heterocycles. The first kappa shape index (κ1) is 13.8. The van der Waals surface area contributed by atoms with Crippen molar-refractivity contribution in [1.29, 1.82) is 0 Å². The van der Waals surface area contributed by atoms with Crippen molar-refractivity contribution in [3.8, 4) is 0 Å². The molecule has 3 rings (SSSR count). The molecule has 2 N–H and O–H groups in total. The lowest BCUT2D eigenvalue weighted by Gasteiger charge is -2.15. The molecule has 0 bridgehead atoms. The van der Waals surface area contributed by atoms with Gasteiger partial charge in [0.15, 0.2) is 0 Å². The van der Waals surface area contributed by atoms with Gasteiger partial charge in [0.05, 0.1) is 6.04 Å². The van der Waals surface area contributed by atoms with Crippen LogP contribution in [-0.2, 0) is 0 Å². The summed E-state index contributed by atoms with van der Waals surface area (Å²) in [5, 5.41) is 2.45. The van der Waals surface area contributed by atoms with Crippen molar-refractivity contribution in [3.05, 3.63) is 80.7 Å². The van der Waals surface area contributed by atoms with Crippen molar-refractivity contribution in [2.75, 3.05) is 0 Å². The van der Waals surface area contributed by atoms with Crippen molar-refractivity contribution in [3.63, 3.8) is 0 Å². The van der Waals surface area contributed by atoms with E-state index in [1.165, 1.54) is 10.8 Å². The predicted molar refractivity (Wildman–Crippen MR) is 91.8 cm³/mol. The van der Waals surface area contributed by atoms with Crippen LogP contribution in [0.5, 0.6) is 0 Å². The summed E-state index contributed by atoms with van der Waals surface area (Å²) in [5.74, 6) is 0. The van der Waals surface area contributed by atoms with Gasteiger partial charge in [-0.15, -0.1) is 0 Å². The van der Waals surface area contributed by atoms with Gasteiger partial charge in [0.25, 0.3) is 0 Å². The van der Waals surface area contributed by atoms with Crippen LogP contribution in [0.1, 0.15) is 17.2 Å². The Morgan fingerprint density at radius 2 is 1.55 bits per heavy atom. The lowest BCUT2D eigenvalue weighted by Crippen LogP contribution is -2.12. The highest BCUT2D eigenvalue weighted by molar-refractivity contribution is 9.11. The minimum atomic E-state index is -0.137. The Bertz CT molecular complexity index is 768. The largest absolute Gasteiger partial charge is 0.320 e. The van der Waals surface area contributed by atoms with Crippen molar-refractivity contribution >= 4 is 42.6 Å². The van der Waals surface area contributed by atoms with E-state index in [9.17, 15) is 0 Å². The van der Waals surface area contributed by atoms with Crippen molar-refractivity contribution in [1.82, 2.24) is 0 Å². The van der Waals surface area contributed by atoms with Crippen LogP contribution in [0.15, 0.2) is 69.6 Å². The second-order valence-electron chi connectivity index (χ2n) is 4.75. The maximum atomic E-state index is 6.41. The molecule has 20 heavy (non-hydrogen) atoms. The Morgan fingerprint density at radius 1 is 0.800 bits per heavy atom. The Kier molecular flexibility index (Phi) is 3.92. The third-order valence-corrected chi connectivity index (χ3v) is 4.61. The van der Waals surface area contributed by atoms with E-state index in [0.717, 1.165) is 20.1 Å². The molecule has 100 valence electrons. The fourth-order valence-corrected chi connectivity index (χ4v) is 3.63. The molecule has 3 heteroatoms. The first-order valence-electron chi connectivity index (χ1n) is 6.34. The monoisotopic (exact) mass is 389 g/mol. The topological polar surface area (TPSA) is 26.0 Å². The van der Waals surface area contributed by atoms with Crippen LogP contribution < -0.4 is 5.73 Å². The molecular formula is C17H13Br2N. The molecule has 0 saturated carbocycles. The zero-order valence-corrected chi connectivity index (χ0v) is 13.9. The summed E-state index contributed by atoms with van der Waals surface area (Å²) in [6.07, 6.45) is 0. The molecule has 0 fully saturated rings. The van der Waals surface area contributed by atoms with Gasteiger partial charge in [0.2, 0.25) is 0 Å². The average molecular weight is 391 g/mol. The van der Waals surface area contributed by atoms with Crippen LogP contribution >= 0.6 is 31.9 Å². The maximum Gasteiger partial charge on any atom is 0.0563 e. The molecular weight excluding hydrogens is 378 g/mol. The summed E-state index contributed by atoms with van der Waals surface area (Å²) >= 11 is 7.05. The minimum Gasteiger partial charge on any atom is -0.320 e. The normalized spacial score (nSPS) is 12.6. The highest BCUT2D eigenvalue weighted by atomic mass is 79.9. The van der Waals surface area contributed by atoms with Crippen LogP contribution in [0.2, 0.25) is 0 Å². The van der Waals surface area contributed by atoms with Crippen LogP contribution in [0, 0.1) is 0 Å². The first-order valence-corrected chi connectivity index (χ1v) is 7.93. The molecule has 0 aliphatic carbocycles. The van der Waals surface area contributed by atoms with E-state index in [0.29, 0.717) is 0 Å². The molecule has 0 aliphatic heterocycles. The number of nitrogens with two attached hydrogens (primary N) is 1. The second kappa shape index (κ2) is 5.68. The lowest BCUT2D eigenvalue weighted by atomic mass is 9.97. The van der Waals surface area contributed by atoms with E-state index in [-0.39, 0.29) is 6.04 Å². The zero-order chi connectivity index (χ0) is 14.1. The number of benzene rings is 3. The number of halogens is 2. The molecule has 1 atom stereocenters. The average Bonchev–Trinajstić information content (AvgIpc) is 2.46. The van der Waals surface area contributed by atoms with Gasteiger partial charge in [-0.25, -0.2) is 0 Å². The summed E-state index contributed by atoms with van der Waals surface area (Å²) in [6, 6.07) is 20.7. The Hall–Kier alpha value is -1.16. The van der Waals surface area contributed by atoms with E-state index >= 15 is 0 Å². The highest BCUT2D eigenvalue weighted by Gasteiger charge is 2.12. The molecule has 3 aromatic carbocycles. The smallest absolute Gasteiger partial charge is 0.0563 e. The lowest BCUT2D eigenvalue weighted by molar-refractivity contribution is 0.867. The van der Waals surface area contributed by atoms with E-state index < -0.39 is 0 Å². The minimum absolute atomic E-state index is 0.137. The van der Waals surface area contributed by atoms with Gasteiger partial charge in [0.1, 0.15) is 0 Å². The van der Waals surface area contributed by atoms with Crippen LogP contribution in [-0.4, -0.2) is 0 Å². The third-order valence-electron chi connectivity index (χ3n) is 3.43. The van der Waals surface area contributed by atoms with Crippen LogP contribution in [0.3, 0.4) is 0 Å². The standard InChI is InChI=1S/C17H13Br2N/c18-14-7-8-15(16(19)10-14)17(20)13-6-5-11-3-1-2-4-12(11)9-13/h1-10,17H,20H2. The number of fused-ring (bicyclic) bond motifs is 1. The van der Waals surface area contributed by atoms with Gasteiger partial charge in [-0.05, 0) is 40.1 Å². The number of hydrogen-bond donors (Lipinski definition) is 1. The van der Waals surface area contributed by atoms with Gasteiger partial charge >= 0.3 is 0 Å². The van der Waals surface area contributed by atoms with E-state index in [2.05, 4.69) is 62.2 Å². The molecule has 0 saturated heterocycles. The summed E-state index contributed by atoms with van der Waals surface area (Å²) < 4.78 is 2.06. The number of hydrogen-bond acceptors (Lipinski definition) is 1. The fourth-order valence-electron chi connectivity index (χ4n) is 2.33. The Labute approximate surface area is 135 Å². The summed E-state index contributed by atoms with van der Waals surface area (Å²) in [6.45, 7) is 0. The fraction of sp³-hybridized carbons (Fsp3) is 0.0588. The molecule has 0 aliphatic rings. The van der Waals surface area contributed by atoms with E-state index in [4.69, 9.17) is 5.73 Å². The predicted octanol–water partition coefficient (Wildman–Crippen LogP) is 5.41. The van der Waals surface area contributed by atoms with Gasteiger partial charge in [-0.2, -0.15) is 0 Å². The Morgan fingerprint density at radius 3 is 2.30 bits per heavy atom. The second-order valence-corrected chi connectivity index (χ2v) is 6.52. The number of rotatable bonds is 2. The summed E-state index contributed by atoms with van der Waals surface area (Å²) in [5.41, 5.74) is 8.62. The Balaban J connectivity index is 2.05. The maximum absolute atomic E-state index is 6.41. The van der Waals surface area contributed by atoms with Crippen molar-refractivity contribution in [2.24, 2.45) is 5.73 Å². The van der Waals surface area contributed by atoms with Crippen molar-refractivity contribution in [2.45, 2.75) is 6.04 Å².